The molecular weight excluding hydrogens is 564 g/mol. The molecule has 4 aromatic rings. The molecule has 6 nitrogen and oxygen atoms in total. The molecule has 0 aliphatic carbocycles. The van der Waals surface area contributed by atoms with E-state index >= 15 is 0 Å². The average molecular weight is 587 g/mol. The number of hydrogen-bond donors (Lipinski definition) is 0. The quantitative estimate of drug-likeness (QED) is 0.176. The maximum absolute atomic E-state index is 12.9. The van der Waals surface area contributed by atoms with Gasteiger partial charge in [0.15, 0.2) is 5.17 Å². The molecule has 0 saturated carbocycles. The van der Waals surface area contributed by atoms with Crippen LogP contribution in [-0.4, -0.2) is 36.1 Å². The second-order valence-corrected chi connectivity index (χ2v) is 10.4. The predicted molar refractivity (Wildman–Crippen MR) is 156 cm³/mol. The number of ether oxygens (including phenoxy) is 2. The summed E-state index contributed by atoms with van der Waals surface area (Å²) in [6.45, 7) is 0.448. The zero-order chi connectivity index (χ0) is 26.6. The van der Waals surface area contributed by atoms with Crippen molar-refractivity contribution in [1.29, 1.82) is 0 Å². The van der Waals surface area contributed by atoms with Gasteiger partial charge in [0.2, 0.25) is 0 Å². The number of aliphatic imine (C=N–C) groups is 1. The second-order valence-electron chi connectivity index (χ2n) is 8.57. The molecule has 0 aromatic heterocycles. The summed E-state index contributed by atoms with van der Waals surface area (Å²) in [5.74, 6) is 0.182. The summed E-state index contributed by atoms with van der Waals surface area (Å²) in [4.78, 5) is 31.1. The Morgan fingerprint density at radius 3 is 2.50 bits per heavy atom. The van der Waals surface area contributed by atoms with E-state index in [1.807, 2.05) is 36.4 Å². The molecule has 0 atom stereocenters. The zero-order valence-corrected chi connectivity index (χ0v) is 23.1. The molecule has 4 aromatic carbocycles. The van der Waals surface area contributed by atoms with Gasteiger partial charge in [0.25, 0.3) is 5.91 Å². The molecule has 0 radical (unpaired) electrons. The van der Waals surface area contributed by atoms with Crippen molar-refractivity contribution in [3.63, 3.8) is 0 Å². The van der Waals surface area contributed by atoms with Gasteiger partial charge in [0.1, 0.15) is 12.4 Å². The average Bonchev–Trinajstić information content (AvgIpc) is 3.20. The van der Waals surface area contributed by atoms with Gasteiger partial charge >= 0.3 is 5.97 Å². The van der Waals surface area contributed by atoms with E-state index in [1.54, 1.807) is 31.3 Å². The van der Waals surface area contributed by atoms with Crippen LogP contribution in [-0.2, 0) is 16.1 Å². The molecule has 1 fully saturated rings. The van der Waals surface area contributed by atoms with Crippen molar-refractivity contribution in [3.8, 4) is 5.75 Å². The van der Waals surface area contributed by atoms with Crippen molar-refractivity contribution in [2.75, 3.05) is 14.2 Å². The van der Waals surface area contributed by atoms with Gasteiger partial charge in [-0.25, -0.2) is 9.79 Å². The van der Waals surface area contributed by atoms with Crippen LogP contribution in [0.5, 0.6) is 5.75 Å². The maximum atomic E-state index is 12.9. The Morgan fingerprint density at radius 1 is 1.00 bits per heavy atom. The fourth-order valence-electron chi connectivity index (χ4n) is 3.92. The first-order valence-corrected chi connectivity index (χ1v) is 13.4. The lowest BCUT2D eigenvalue weighted by Gasteiger charge is -2.10. The van der Waals surface area contributed by atoms with E-state index in [2.05, 4.69) is 51.3 Å². The molecule has 0 bridgehead atoms. The molecule has 8 heteroatoms. The summed E-state index contributed by atoms with van der Waals surface area (Å²) in [5.41, 5.74) is 3.03. The normalized spacial score (nSPS) is 15.4. The fraction of sp³-hybridized carbons (Fsp3) is 0.100. The number of thioether (sulfide) groups is 1. The minimum Gasteiger partial charge on any atom is -0.488 e. The van der Waals surface area contributed by atoms with Gasteiger partial charge in [0, 0.05) is 7.05 Å². The number of halogens is 1. The Bertz CT molecular complexity index is 1600. The monoisotopic (exact) mass is 586 g/mol. The third-order valence-electron chi connectivity index (χ3n) is 5.98. The summed E-state index contributed by atoms with van der Waals surface area (Å²) >= 11 is 4.90. The van der Waals surface area contributed by atoms with Gasteiger partial charge in [-0.05, 0) is 98.1 Å². The Kier molecular flexibility index (Phi) is 7.62. The number of rotatable bonds is 6. The van der Waals surface area contributed by atoms with E-state index < -0.39 is 5.97 Å². The Morgan fingerprint density at radius 2 is 1.76 bits per heavy atom. The van der Waals surface area contributed by atoms with Crippen molar-refractivity contribution >= 4 is 67.3 Å². The van der Waals surface area contributed by atoms with Crippen molar-refractivity contribution in [3.05, 3.63) is 111 Å². The van der Waals surface area contributed by atoms with E-state index in [4.69, 9.17) is 9.47 Å². The topological polar surface area (TPSA) is 68.2 Å². The number of carbonyl (C=O) groups is 2. The summed E-state index contributed by atoms with van der Waals surface area (Å²) in [7, 11) is 3.03. The molecule has 190 valence electrons. The minimum absolute atomic E-state index is 0.132. The van der Waals surface area contributed by atoms with Gasteiger partial charge in [-0.1, -0.05) is 42.5 Å². The molecule has 1 heterocycles. The van der Waals surface area contributed by atoms with E-state index in [0.717, 1.165) is 21.3 Å². The van der Waals surface area contributed by atoms with E-state index in [9.17, 15) is 9.59 Å². The van der Waals surface area contributed by atoms with Crippen LogP contribution >= 0.6 is 27.7 Å². The van der Waals surface area contributed by atoms with Crippen molar-refractivity contribution in [2.45, 2.75) is 6.61 Å². The third kappa shape index (κ3) is 5.66. The van der Waals surface area contributed by atoms with Crippen molar-refractivity contribution in [1.82, 2.24) is 4.90 Å². The highest BCUT2D eigenvalue weighted by atomic mass is 79.9. The summed E-state index contributed by atoms with van der Waals surface area (Å²) in [5, 5.41) is 2.94. The smallest absolute Gasteiger partial charge is 0.337 e. The highest BCUT2D eigenvalue weighted by Crippen LogP contribution is 2.35. The first-order chi connectivity index (χ1) is 18.4. The number of hydrogen-bond acceptors (Lipinski definition) is 6. The van der Waals surface area contributed by atoms with Gasteiger partial charge in [-0.2, -0.15) is 0 Å². The van der Waals surface area contributed by atoms with Crippen LogP contribution in [0.1, 0.15) is 21.5 Å². The van der Waals surface area contributed by atoms with Gasteiger partial charge < -0.3 is 9.47 Å². The van der Waals surface area contributed by atoms with Crippen molar-refractivity contribution in [2.24, 2.45) is 4.99 Å². The van der Waals surface area contributed by atoms with E-state index in [1.165, 1.54) is 34.5 Å². The number of amidine groups is 1. The van der Waals surface area contributed by atoms with Gasteiger partial charge in [-0.3, -0.25) is 9.69 Å². The number of likely N-dealkylation sites (N-methyl/N-ethyl adjacent to an activating group) is 1. The molecule has 1 saturated heterocycles. The predicted octanol–water partition coefficient (Wildman–Crippen LogP) is 7.20. The molecule has 0 spiro atoms. The number of fused-ring (bicyclic) bond motifs is 1. The first kappa shape index (κ1) is 25.8. The molecule has 0 unspecified atom stereocenters. The number of nitrogens with zero attached hydrogens (tertiary/aromatic N) is 2. The fourth-order valence-corrected chi connectivity index (χ4v) is 5.41. The number of amides is 1. The lowest BCUT2D eigenvalue weighted by atomic mass is 10.1. The summed E-state index contributed by atoms with van der Waals surface area (Å²) in [6, 6.07) is 27.0. The molecular formula is C30H23BrN2O4S. The second kappa shape index (κ2) is 11.2. The molecule has 5 rings (SSSR count). The minimum atomic E-state index is -0.409. The van der Waals surface area contributed by atoms with Crippen LogP contribution in [0.2, 0.25) is 0 Å². The third-order valence-corrected chi connectivity index (χ3v) is 7.66. The highest BCUT2D eigenvalue weighted by molar-refractivity contribution is 9.10. The summed E-state index contributed by atoms with van der Waals surface area (Å²) < 4.78 is 11.6. The van der Waals surface area contributed by atoms with E-state index in [0.29, 0.717) is 27.9 Å². The molecule has 1 aliphatic heterocycles. The molecule has 38 heavy (non-hydrogen) atoms. The summed E-state index contributed by atoms with van der Waals surface area (Å²) in [6.07, 6.45) is 1.84. The number of esters is 1. The van der Waals surface area contributed by atoms with Crippen molar-refractivity contribution < 1.29 is 19.1 Å². The highest BCUT2D eigenvalue weighted by Gasteiger charge is 2.30. The van der Waals surface area contributed by atoms with Crippen LogP contribution < -0.4 is 4.74 Å². The first-order valence-electron chi connectivity index (χ1n) is 11.8. The van der Waals surface area contributed by atoms with Crippen LogP contribution in [0.4, 0.5) is 5.69 Å². The number of benzene rings is 4. The lowest BCUT2D eigenvalue weighted by Crippen LogP contribution is -2.23. The SMILES string of the molecule is COC(=O)c1ccc(N=C2SC(=Cc3ccc(OCc4ccc5ccccc5c4)c(Br)c3)C(=O)N2C)cc1. The Labute approximate surface area is 233 Å². The van der Waals surface area contributed by atoms with E-state index in [-0.39, 0.29) is 5.91 Å². The van der Waals surface area contributed by atoms with Crippen LogP contribution in [0.3, 0.4) is 0 Å². The largest absolute Gasteiger partial charge is 0.488 e. The Hall–Kier alpha value is -3.88. The van der Waals surface area contributed by atoms with Crippen LogP contribution in [0.15, 0.2) is 99.3 Å². The zero-order valence-electron chi connectivity index (χ0n) is 20.7. The van der Waals surface area contributed by atoms with Gasteiger partial charge in [0.05, 0.1) is 27.7 Å². The molecule has 0 N–H and O–H groups in total. The van der Waals surface area contributed by atoms with Crippen LogP contribution in [0, 0.1) is 0 Å². The lowest BCUT2D eigenvalue weighted by molar-refractivity contribution is -0.121. The number of carbonyl (C=O) groups excluding carboxylic acids is 2. The number of methoxy groups -OCH3 is 1. The van der Waals surface area contributed by atoms with Gasteiger partial charge in [-0.15, -0.1) is 0 Å². The molecule has 1 amide bonds. The Balaban J connectivity index is 1.28. The molecule has 1 aliphatic rings. The van der Waals surface area contributed by atoms with Crippen LogP contribution in [0.25, 0.3) is 16.8 Å². The maximum Gasteiger partial charge on any atom is 0.337 e. The standard InChI is InChI=1S/C30H23BrN2O4S/c1-33-28(34)27(38-30(33)32-24-12-10-22(11-13-24)29(35)36-2)17-19-8-14-26(25(31)16-19)37-18-20-7-9-21-5-3-4-6-23(21)15-20/h3-17H,18H2,1-2H3.